The second-order valence-corrected chi connectivity index (χ2v) is 6.74. The lowest BCUT2D eigenvalue weighted by Crippen LogP contribution is -2.44. The van der Waals surface area contributed by atoms with Crippen LogP contribution in [-0.4, -0.2) is 22.3 Å². The number of ether oxygens (including phenoxy) is 1. The van der Waals surface area contributed by atoms with E-state index in [1.807, 2.05) is 0 Å². The number of amides is 1. The molecule has 0 spiro atoms. The molecule has 0 aliphatic rings. The maximum Gasteiger partial charge on any atom is 0.339 e. The lowest BCUT2D eigenvalue weighted by atomic mass is 10.0. The molecule has 26 heavy (non-hydrogen) atoms. The molecule has 1 N–H and O–H groups in total. The van der Waals surface area contributed by atoms with Gasteiger partial charge in [0.1, 0.15) is 0 Å². The third-order valence-electron chi connectivity index (χ3n) is 3.38. The van der Waals surface area contributed by atoms with Crippen LogP contribution in [0.3, 0.4) is 0 Å². The molecule has 7 nitrogen and oxygen atoms in total. The van der Waals surface area contributed by atoms with Gasteiger partial charge in [-0.05, 0) is 45.0 Å². The summed E-state index contributed by atoms with van der Waals surface area (Å²) < 4.78 is 5.41. The third kappa shape index (κ3) is 5.14. The van der Waals surface area contributed by atoms with Crippen LogP contribution >= 0.6 is 0 Å². The monoisotopic (exact) mass is 356 g/mol. The van der Waals surface area contributed by atoms with Gasteiger partial charge in [-0.15, -0.1) is 0 Å². The summed E-state index contributed by atoms with van der Waals surface area (Å²) in [5, 5.41) is 13.6. The van der Waals surface area contributed by atoms with Crippen LogP contribution in [0.1, 0.15) is 42.8 Å². The number of rotatable bonds is 5. The molecule has 2 aromatic rings. The molecule has 0 saturated carbocycles. The number of carbonyl (C=O) groups excluding carboxylic acids is 2. The highest BCUT2D eigenvalue weighted by atomic mass is 16.6. The topological polar surface area (TPSA) is 98.5 Å². The zero-order chi connectivity index (χ0) is 19.3. The van der Waals surface area contributed by atoms with Gasteiger partial charge in [-0.1, -0.05) is 18.2 Å². The number of nitro benzene ring substituents is 1. The number of hydrogen-bond acceptors (Lipinski definition) is 5. The molecule has 1 amide bonds. The largest absolute Gasteiger partial charge is 0.444 e. The smallest absolute Gasteiger partial charge is 0.339 e. The Morgan fingerprint density at radius 2 is 1.62 bits per heavy atom. The molecule has 0 saturated heterocycles. The second kappa shape index (κ2) is 7.77. The summed E-state index contributed by atoms with van der Waals surface area (Å²) >= 11 is 0. The van der Waals surface area contributed by atoms with Gasteiger partial charge in [0.15, 0.2) is 0 Å². The maximum absolute atomic E-state index is 12.6. The van der Waals surface area contributed by atoms with Crippen LogP contribution in [0.2, 0.25) is 0 Å². The number of carbonyl (C=O) groups is 2. The Morgan fingerprint density at radius 3 is 2.12 bits per heavy atom. The number of hydrogen-bond donors (Lipinski definition) is 1. The predicted octanol–water partition coefficient (Wildman–Crippen LogP) is 3.41. The summed E-state index contributed by atoms with van der Waals surface area (Å²) in [6.45, 7) is 5.41. The van der Waals surface area contributed by atoms with E-state index in [-0.39, 0.29) is 5.69 Å². The molecule has 0 aliphatic heterocycles. The number of esters is 1. The Kier molecular flexibility index (Phi) is 5.71. The van der Waals surface area contributed by atoms with E-state index in [0.717, 1.165) is 0 Å². The van der Waals surface area contributed by atoms with E-state index in [2.05, 4.69) is 5.32 Å². The number of non-ortho nitro benzene ring substituents is 1. The Hall–Kier alpha value is -3.22. The van der Waals surface area contributed by atoms with Crippen LogP contribution in [0.5, 0.6) is 0 Å². The quantitative estimate of drug-likeness (QED) is 0.503. The van der Waals surface area contributed by atoms with Crippen molar-refractivity contribution in [3.8, 4) is 0 Å². The highest BCUT2D eigenvalue weighted by Gasteiger charge is 2.28. The molecular weight excluding hydrogens is 336 g/mol. The first-order valence-electron chi connectivity index (χ1n) is 8.00. The fourth-order valence-electron chi connectivity index (χ4n) is 2.23. The molecule has 2 rings (SSSR count). The van der Waals surface area contributed by atoms with Gasteiger partial charge in [-0.3, -0.25) is 14.9 Å². The fourth-order valence-corrected chi connectivity index (χ4v) is 2.23. The van der Waals surface area contributed by atoms with E-state index in [9.17, 15) is 19.7 Å². The Bertz CT molecular complexity index is 795. The lowest BCUT2D eigenvalue weighted by molar-refractivity contribution is -0.384. The summed E-state index contributed by atoms with van der Waals surface area (Å²) in [7, 11) is 0. The third-order valence-corrected chi connectivity index (χ3v) is 3.38. The maximum atomic E-state index is 12.6. The van der Waals surface area contributed by atoms with E-state index >= 15 is 0 Å². The molecule has 7 heteroatoms. The van der Waals surface area contributed by atoms with Crippen LogP contribution in [0, 0.1) is 10.1 Å². The highest BCUT2D eigenvalue weighted by Crippen LogP contribution is 2.23. The molecule has 0 aromatic heterocycles. The van der Waals surface area contributed by atoms with Crippen molar-refractivity contribution < 1.29 is 19.2 Å². The molecule has 0 bridgehead atoms. The first kappa shape index (κ1) is 19.1. The van der Waals surface area contributed by atoms with Crippen LogP contribution < -0.4 is 5.32 Å². The minimum atomic E-state index is -1.22. The molecule has 1 unspecified atom stereocenters. The summed E-state index contributed by atoms with van der Waals surface area (Å²) in [5.74, 6) is -1.16. The van der Waals surface area contributed by atoms with Gasteiger partial charge in [0.2, 0.25) is 6.10 Å². The minimum Gasteiger partial charge on any atom is -0.444 e. The minimum absolute atomic E-state index is 0.113. The van der Waals surface area contributed by atoms with Gasteiger partial charge in [0.25, 0.3) is 11.6 Å². The molecule has 0 fully saturated rings. The first-order chi connectivity index (χ1) is 12.2. The van der Waals surface area contributed by atoms with E-state index in [0.29, 0.717) is 11.1 Å². The normalized spacial score (nSPS) is 12.1. The summed E-state index contributed by atoms with van der Waals surface area (Å²) in [6.07, 6.45) is -1.22. The SMILES string of the molecule is CC(C)(C)NC(=O)C(OC(=O)c1ccccc1)c1ccc([N+](=O)[O-])cc1. The fraction of sp³-hybridized carbons (Fsp3) is 0.263. The summed E-state index contributed by atoms with van der Waals surface area (Å²) in [5.41, 5.74) is 0.0117. The van der Waals surface area contributed by atoms with E-state index in [1.54, 1.807) is 51.1 Å². The van der Waals surface area contributed by atoms with Crippen molar-refractivity contribution >= 4 is 17.6 Å². The Morgan fingerprint density at radius 1 is 1.04 bits per heavy atom. The average molecular weight is 356 g/mol. The van der Waals surface area contributed by atoms with E-state index in [4.69, 9.17) is 4.74 Å². The van der Waals surface area contributed by atoms with Gasteiger partial charge in [0.05, 0.1) is 10.5 Å². The molecule has 0 aliphatic carbocycles. The van der Waals surface area contributed by atoms with Crippen molar-refractivity contribution in [2.45, 2.75) is 32.4 Å². The van der Waals surface area contributed by atoms with Gasteiger partial charge in [-0.2, -0.15) is 0 Å². The van der Waals surface area contributed by atoms with Crippen LogP contribution in [0.25, 0.3) is 0 Å². The molecule has 2 aromatic carbocycles. The molecule has 0 radical (unpaired) electrons. The zero-order valence-corrected chi connectivity index (χ0v) is 14.8. The Labute approximate surface area is 151 Å². The summed E-state index contributed by atoms with van der Waals surface area (Å²) in [6, 6.07) is 13.6. The van der Waals surface area contributed by atoms with Gasteiger partial charge in [0, 0.05) is 23.2 Å². The van der Waals surface area contributed by atoms with Gasteiger partial charge < -0.3 is 10.1 Å². The average Bonchev–Trinajstić information content (AvgIpc) is 2.58. The predicted molar refractivity (Wildman–Crippen MR) is 95.6 cm³/mol. The summed E-state index contributed by atoms with van der Waals surface area (Å²) in [4.78, 5) is 35.3. The highest BCUT2D eigenvalue weighted by molar-refractivity contribution is 5.92. The van der Waals surface area contributed by atoms with Crippen molar-refractivity contribution in [3.05, 3.63) is 75.8 Å². The van der Waals surface area contributed by atoms with Crippen molar-refractivity contribution in [3.63, 3.8) is 0 Å². The number of nitrogens with zero attached hydrogens (tertiary/aromatic N) is 1. The number of benzene rings is 2. The molecule has 0 heterocycles. The van der Waals surface area contributed by atoms with E-state index in [1.165, 1.54) is 24.3 Å². The number of nitro groups is 1. The Balaban J connectivity index is 2.30. The lowest BCUT2D eigenvalue weighted by Gasteiger charge is -2.25. The molecule has 1 atom stereocenters. The van der Waals surface area contributed by atoms with Crippen LogP contribution in [-0.2, 0) is 9.53 Å². The number of nitrogens with one attached hydrogen (secondary N) is 1. The second-order valence-electron chi connectivity index (χ2n) is 6.74. The van der Waals surface area contributed by atoms with Crippen molar-refractivity contribution in [2.24, 2.45) is 0 Å². The van der Waals surface area contributed by atoms with Crippen molar-refractivity contribution in [1.29, 1.82) is 0 Å². The van der Waals surface area contributed by atoms with E-state index < -0.39 is 28.4 Å². The van der Waals surface area contributed by atoms with Crippen molar-refractivity contribution in [2.75, 3.05) is 0 Å². The van der Waals surface area contributed by atoms with Gasteiger partial charge in [-0.25, -0.2) is 4.79 Å². The van der Waals surface area contributed by atoms with Crippen LogP contribution in [0.4, 0.5) is 5.69 Å². The standard InChI is InChI=1S/C19H20N2O5/c1-19(2,3)20-17(22)16(13-9-11-15(12-10-13)21(24)25)26-18(23)14-7-5-4-6-8-14/h4-12,16H,1-3H3,(H,20,22). The van der Waals surface area contributed by atoms with Crippen LogP contribution in [0.15, 0.2) is 54.6 Å². The molecular formula is C19H20N2O5. The first-order valence-corrected chi connectivity index (χ1v) is 8.00. The van der Waals surface area contributed by atoms with Crippen molar-refractivity contribution in [1.82, 2.24) is 5.32 Å². The zero-order valence-electron chi connectivity index (χ0n) is 14.8. The molecule has 136 valence electrons. The van der Waals surface area contributed by atoms with Gasteiger partial charge >= 0.3 is 5.97 Å².